The molecule has 2 fully saturated rings. The molecule has 0 aliphatic carbocycles. The van der Waals surface area contributed by atoms with Crippen LogP contribution in [0.4, 0.5) is 18.0 Å². The molecule has 0 saturated carbocycles. The van der Waals surface area contributed by atoms with E-state index >= 15 is 0 Å². The minimum Gasteiger partial charge on any atom is -0.342 e. The normalized spacial score (nSPS) is 21.4. The van der Waals surface area contributed by atoms with Gasteiger partial charge in [-0.25, -0.2) is 4.79 Å². The maximum Gasteiger partial charge on any atom is 0.416 e. The highest BCUT2D eigenvalue weighted by Crippen LogP contribution is 2.30. The molecule has 35 heavy (non-hydrogen) atoms. The van der Waals surface area contributed by atoms with Crippen LogP contribution < -0.4 is 0 Å². The third-order valence-electron chi connectivity index (χ3n) is 7.35. The van der Waals surface area contributed by atoms with Crippen LogP contribution in [0.3, 0.4) is 0 Å². The van der Waals surface area contributed by atoms with Crippen LogP contribution in [0.5, 0.6) is 0 Å². The Kier molecular flexibility index (Phi) is 6.06. The van der Waals surface area contributed by atoms with Crippen molar-refractivity contribution in [1.29, 1.82) is 0 Å². The van der Waals surface area contributed by atoms with Gasteiger partial charge in [-0.05, 0) is 62.1 Å². The highest BCUT2D eigenvalue weighted by molar-refractivity contribution is 5.94. The quantitative estimate of drug-likeness (QED) is 0.660. The van der Waals surface area contributed by atoms with Gasteiger partial charge < -0.3 is 14.7 Å². The van der Waals surface area contributed by atoms with Gasteiger partial charge in [0.15, 0.2) is 0 Å². The van der Waals surface area contributed by atoms with Crippen LogP contribution in [-0.4, -0.2) is 69.3 Å². The van der Waals surface area contributed by atoms with Gasteiger partial charge in [-0.2, -0.15) is 13.2 Å². The molecule has 3 aliphatic rings. The number of hydrogen-bond donors (Lipinski definition) is 0. The number of likely N-dealkylation sites (tertiary alicyclic amines) is 2. The van der Waals surface area contributed by atoms with Gasteiger partial charge in [-0.1, -0.05) is 0 Å². The van der Waals surface area contributed by atoms with Gasteiger partial charge >= 0.3 is 12.2 Å². The standard InChI is InChI=1S/C25H27F3N4O3/c26-25(27,28)19-7-5-17(6-8-19)22(33)30-11-1-3-18(15-30)23(34)29-13-9-20(10-14-29)32-16-21-4-2-12-31(21)24(32)35/h2,4-8,12,18,20H,1,3,9-11,13-16H2. The van der Waals surface area contributed by atoms with Gasteiger partial charge in [0.1, 0.15) is 0 Å². The SMILES string of the molecule is O=C(c1ccc(C(F)(F)F)cc1)N1CCCC(C(=O)N2CCC(N3Cc4cccn4C3=O)CC2)C1. The predicted octanol–water partition coefficient (Wildman–Crippen LogP) is 3.83. The Morgan fingerprint density at radius 3 is 2.29 bits per heavy atom. The summed E-state index contributed by atoms with van der Waals surface area (Å²) in [7, 11) is 0. The molecule has 2 saturated heterocycles. The minimum atomic E-state index is -4.45. The molecule has 0 radical (unpaired) electrons. The van der Waals surface area contributed by atoms with Gasteiger partial charge in [0.2, 0.25) is 5.91 Å². The zero-order valence-corrected chi connectivity index (χ0v) is 19.2. The molecule has 3 amide bonds. The van der Waals surface area contributed by atoms with Crippen molar-refractivity contribution in [3.05, 3.63) is 59.4 Å². The fourth-order valence-electron chi connectivity index (χ4n) is 5.40. The molecular weight excluding hydrogens is 461 g/mol. The number of rotatable bonds is 3. The van der Waals surface area contributed by atoms with E-state index in [1.54, 1.807) is 15.7 Å². The van der Waals surface area contributed by atoms with E-state index in [4.69, 9.17) is 0 Å². The van der Waals surface area contributed by atoms with Crippen molar-refractivity contribution in [2.45, 2.75) is 44.4 Å². The number of piperidine rings is 2. The summed E-state index contributed by atoms with van der Waals surface area (Å²) in [6.45, 7) is 2.45. The van der Waals surface area contributed by atoms with Crippen LogP contribution in [0, 0.1) is 5.92 Å². The topological polar surface area (TPSA) is 65.9 Å². The van der Waals surface area contributed by atoms with Crippen LogP contribution >= 0.6 is 0 Å². The van der Waals surface area contributed by atoms with Gasteiger partial charge in [-0.3, -0.25) is 14.2 Å². The Morgan fingerprint density at radius 2 is 1.63 bits per heavy atom. The molecule has 7 nitrogen and oxygen atoms in total. The molecule has 3 aliphatic heterocycles. The molecule has 5 rings (SSSR count). The van der Waals surface area contributed by atoms with Gasteiger partial charge in [0.25, 0.3) is 5.91 Å². The third kappa shape index (κ3) is 4.53. The first-order chi connectivity index (χ1) is 16.7. The van der Waals surface area contributed by atoms with E-state index in [1.165, 1.54) is 12.1 Å². The number of carbonyl (C=O) groups is 3. The van der Waals surface area contributed by atoms with Crippen LogP contribution in [-0.2, 0) is 17.5 Å². The van der Waals surface area contributed by atoms with Crippen LogP contribution in [0.25, 0.3) is 0 Å². The Hall–Kier alpha value is -3.30. The van der Waals surface area contributed by atoms with Crippen molar-refractivity contribution >= 4 is 17.8 Å². The molecule has 1 aromatic heterocycles. The van der Waals surface area contributed by atoms with Gasteiger partial charge in [0, 0.05) is 49.7 Å². The highest BCUT2D eigenvalue weighted by atomic mass is 19.4. The van der Waals surface area contributed by atoms with E-state index in [1.807, 2.05) is 21.9 Å². The summed E-state index contributed by atoms with van der Waals surface area (Å²) in [6, 6.07) is 8.09. The third-order valence-corrected chi connectivity index (χ3v) is 7.35. The van der Waals surface area contributed by atoms with Crippen molar-refractivity contribution in [1.82, 2.24) is 19.3 Å². The Labute approximate surface area is 201 Å². The molecule has 4 heterocycles. The number of alkyl halides is 3. The summed E-state index contributed by atoms with van der Waals surface area (Å²) >= 11 is 0. The predicted molar refractivity (Wildman–Crippen MR) is 120 cm³/mol. The van der Waals surface area contributed by atoms with Crippen LogP contribution in [0.15, 0.2) is 42.6 Å². The number of fused-ring (bicyclic) bond motifs is 1. The van der Waals surface area contributed by atoms with E-state index in [0.717, 1.165) is 17.8 Å². The van der Waals surface area contributed by atoms with Crippen molar-refractivity contribution in [3.8, 4) is 0 Å². The second-order valence-corrected chi connectivity index (χ2v) is 9.50. The number of aromatic nitrogens is 1. The zero-order valence-electron chi connectivity index (χ0n) is 19.2. The van der Waals surface area contributed by atoms with E-state index in [2.05, 4.69) is 0 Å². The number of nitrogens with zero attached hydrogens (tertiary/aromatic N) is 4. The van der Waals surface area contributed by atoms with Crippen molar-refractivity contribution < 1.29 is 27.6 Å². The minimum absolute atomic E-state index is 0.00683. The molecule has 0 bridgehead atoms. The number of halogens is 3. The van der Waals surface area contributed by atoms with E-state index < -0.39 is 11.7 Å². The maximum atomic E-state index is 13.2. The number of benzene rings is 1. The first-order valence-corrected chi connectivity index (χ1v) is 11.9. The van der Waals surface area contributed by atoms with Crippen molar-refractivity contribution in [2.75, 3.05) is 26.2 Å². The zero-order chi connectivity index (χ0) is 24.7. The second-order valence-electron chi connectivity index (χ2n) is 9.50. The number of amides is 3. The highest BCUT2D eigenvalue weighted by Gasteiger charge is 2.37. The van der Waals surface area contributed by atoms with Gasteiger partial charge in [-0.15, -0.1) is 0 Å². The smallest absolute Gasteiger partial charge is 0.342 e. The molecule has 1 unspecified atom stereocenters. The fourth-order valence-corrected chi connectivity index (χ4v) is 5.40. The average Bonchev–Trinajstić information content (AvgIpc) is 3.46. The maximum absolute atomic E-state index is 13.2. The van der Waals surface area contributed by atoms with E-state index in [-0.39, 0.29) is 41.9 Å². The molecule has 1 aromatic carbocycles. The largest absolute Gasteiger partial charge is 0.416 e. The molecule has 0 spiro atoms. The lowest BCUT2D eigenvalue weighted by Crippen LogP contribution is -2.51. The van der Waals surface area contributed by atoms with E-state index in [9.17, 15) is 27.6 Å². The number of hydrogen-bond acceptors (Lipinski definition) is 3. The van der Waals surface area contributed by atoms with Crippen molar-refractivity contribution in [2.24, 2.45) is 5.92 Å². The first-order valence-electron chi connectivity index (χ1n) is 11.9. The summed E-state index contributed by atoms with van der Waals surface area (Å²) in [5, 5.41) is 0. The molecule has 2 aromatic rings. The Bertz CT molecular complexity index is 1120. The van der Waals surface area contributed by atoms with Crippen LogP contribution in [0.1, 0.15) is 47.3 Å². The lowest BCUT2D eigenvalue weighted by Gasteiger charge is -2.39. The summed E-state index contributed by atoms with van der Waals surface area (Å²) in [5.74, 6) is -0.674. The second kappa shape index (κ2) is 9.05. The molecule has 1 atom stereocenters. The monoisotopic (exact) mass is 488 g/mol. The summed E-state index contributed by atoms with van der Waals surface area (Å²) in [4.78, 5) is 44.0. The van der Waals surface area contributed by atoms with Gasteiger partial charge in [0.05, 0.1) is 18.0 Å². The first kappa shape index (κ1) is 23.4. The lowest BCUT2D eigenvalue weighted by atomic mass is 9.94. The number of carbonyl (C=O) groups excluding carboxylic acids is 3. The molecule has 10 heteroatoms. The molecule has 186 valence electrons. The molecule has 0 N–H and O–H groups in total. The summed E-state index contributed by atoms with van der Waals surface area (Å²) in [5.41, 5.74) is 0.370. The Morgan fingerprint density at radius 1 is 0.914 bits per heavy atom. The van der Waals surface area contributed by atoms with Crippen LogP contribution in [0.2, 0.25) is 0 Å². The van der Waals surface area contributed by atoms with E-state index in [0.29, 0.717) is 51.9 Å². The average molecular weight is 489 g/mol. The van der Waals surface area contributed by atoms with Crippen molar-refractivity contribution in [3.63, 3.8) is 0 Å². The summed E-state index contributed by atoms with van der Waals surface area (Å²) in [6.07, 6.45) is 0.0871. The lowest BCUT2D eigenvalue weighted by molar-refractivity contribution is -0.139. The summed E-state index contributed by atoms with van der Waals surface area (Å²) < 4.78 is 40.1. The fraction of sp³-hybridized carbons (Fsp3) is 0.480. The Balaban J connectivity index is 1.16. The molecular formula is C25H27F3N4O3.